The van der Waals surface area contributed by atoms with Crippen molar-refractivity contribution in [1.29, 1.82) is 0 Å². The molecule has 1 rings (SSSR count). The number of halogens is 2. The van der Waals surface area contributed by atoms with Crippen LogP contribution in [0.3, 0.4) is 0 Å². The third-order valence-electron chi connectivity index (χ3n) is 1.60. The molecule has 0 bridgehead atoms. The lowest BCUT2D eigenvalue weighted by Gasteiger charge is -2.08. The minimum absolute atomic E-state index is 0.0276. The van der Waals surface area contributed by atoms with Gasteiger partial charge in [-0.2, -0.15) is 8.78 Å². The molecule has 68 valence electrons. The Morgan fingerprint density at radius 2 is 1.83 bits per heavy atom. The Morgan fingerprint density at radius 1 is 1.25 bits per heavy atom. The standard InChI is InChI=1S/C7H11F2N3/c1-4(2)6-11-10-5(3)12(6)7(8)9/h4,7H,1-3H3. The van der Waals surface area contributed by atoms with E-state index in [9.17, 15) is 8.78 Å². The highest BCUT2D eigenvalue weighted by Gasteiger charge is 2.18. The van der Waals surface area contributed by atoms with Crippen LogP contribution in [-0.4, -0.2) is 14.8 Å². The van der Waals surface area contributed by atoms with E-state index in [-0.39, 0.29) is 11.7 Å². The predicted molar refractivity (Wildman–Crippen MR) is 40.1 cm³/mol. The van der Waals surface area contributed by atoms with Crippen LogP contribution in [0.1, 0.15) is 38.0 Å². The van der Waals surface area contributed by atoms with Gasteiger partial charge in [-0.1, -0.05) is 13.8 Å². The second-order valence-corrected chi connectivity index (χ2v) is 2.91. The van der Waals surface area contributed by atoms with E-state index in [1.807, 2.05) is 13.8 Å². The Morgan fingerprint density at radius 3 is 2.17 bits per heavy atom. The Hall–Kier alpha value is -1.00. The van der Waals surface area contributed by atoms with Gasteiger partial charge >= 0.3 is 6.55 Å². The quantitative estimate of drug-likeness (QED) is 0.689. The van der Waals surface area contributed by atoms with E-state index in [1.165, 1.54) is 6.92 Å². The van der Waals surface area contributed by atoms with Gasteiger partial charge in [0.25, 0.3) is 0 Å². The van der Waals surface area contributed by atoms with Crippen LogP contribution in [0.25, 0.3) is 0 Å². The van der Waals surface area contributed by atoms with Crippen molar-refractivity contribution in [2.24, 2.45) is 0 Å². The highest BCUT2D eigenvalue weighted by atomic mass is 19.3. The van der Waals surface area contributed by atoms with Crippen LogP contribution in [0.15, 0.2) is 0 Å². The van der Waals surface area contributed by atoms with Crippen LogP contribution < -0.4 is 0 Å². The van der Waals surface area contributed by atoms with Gasteiger partial charge in [0, 0.05) is 5.92 Å². The van der Waals surface area contributed by atoms with E-state index in [1.54, 1.807) is 0 Å². The number of nitrogens with zero attached hydrogens (tertiary/aromatic N) is 3. The maximum Gasteiger partial charge on any atom is 0.321 e. The average molecular weight is 175 g/mol. The fraction of sp³-hybridized carbons (Fsp3) is 0.714. The molecule has 0 saturated carbocycles. The Bertz CT molecular complexity index is 268. The summed E-state index contributed by atoms with van der Waals surface area (Å²) >= 11 is 0. The summed E-state index contributed by atoms with van der Waals surface area (Å²) in [6.07, 6.45) is 0. The Labute approximate surface area is 69.4 Å². The van der Waals surface area contributed by atoms with Gasteiger partial charge in [-0.05, 0) is 6.92 Å². The van der Waals surface area contributed by atoms with Crippen molar-refractivity contribution in [2.45, 2.75) is 33.2 Å². The highest BCUT2D eigenvalue weighted by molar-refractivity contribution is 4.98. The maximum absolute atomic E-state index is 12.4. The van der Waals surface area contributed by atoms with Crippen molar-refractivity contribution in [3.63, 3.8) is 0 Å². The van der Waals surface area contributed by atoms with Crippen molar-refractivity contribution in [2.75, 3.05) is 0 Å². The molecule has 0 aliphatic rings. The number of aromatic nitrogens is 3. The lowest BCUT2D eigenvalue weighted by Crippen LogP contribution is -2.07. The predicted octanol–water partition coefficient (Wildman–Crippen LogP) is 2.11. The molecule has 3 nitrogen and oxygen atoms in total. The molecule has 0 saturated heterocycles. The van der Waals surface area contributed by atoms with Gasteiger partial charge in [0.05, 0.1) is 0 Å². The zero-order chi connectivity index (χ0) is 9.30. The minimum Gasteiger partial charge on any atom is -0.256 e. The molecule has 1 aromatic heterocycles. The van der Waals surface area contributed by atoms with Crippen LogP contribution >= 0.6 is 0 Å². The van der Waals surface area contributed by atoms with Gasteiger partial charge in [-0.15, -0.1) is 10.2 Å². The van der Waals surface area contributed by atoms with Crippen LogP contribution in [0, 0.1) is 6.92 Å². The van der Waals surface area contributed by atoms with E-state index in [2.05, 4.69) is 10.2 Å². The van der Waals surface area contributed by atoms with E-state index in [0.717, 1.165) is 4.57 Å². The van der Waals surface area contributed by atoms with Crippen molar-refractivity contribution < 1.29 is 8.78 Å². The molecule has 1 aromatic rings. The largest absolute Gasteiger partial charge is 0.321 e. The van der Waals surface area contributed by atoms with Crippen LogP contribution in [0.4, 0.5) is 8.78 Å². The normalized spacial score (nSPS) is 11.6. The van der Waals surface area contributed by atoms with Gasteiger partial charge in [-0.3, -0.25) is 4.57 Å². The summed E-state index contributed by atoms with van der Waals surface area (Å²) in [4.78, 5) is 0. The third-order valence-corrected chi connectivity index (χ3v) is 1.60. The third kappa shape index (κ3) is 1.44. The van der Waals surface area contributed by atoms with Crippen molar-refractivity contribution in [3.05, 3.63) is 11.6 Å². The fourth-order valence-corrected chi connectivity index (χ4v) is 1.02. The molecule has 0 amide bonds. The first-order chi connectivity index (χ1) is 5.54. The number of hydrogen-bond donors (Lipinski definition) is 0. The first kappa shape index (κ1) is 9.09. The number of hydrogen-bond acceptors (Lipinski definition) is 2. The van der Waals surface area contributed by atoms with Crippen molar-refractivity contribution in [3.8, 4) is 0 Å². The Balaban J connectivity index is 3.12. The van der Waals surface area contributed by atoms with E-state index < -0.39 is 6.55 Å². The lowest BCUT2D eigenvalue weighted by molar-refractivity contribution is 0.0637. The molecule has 0 radical (unpaired) electrons. The first-order valence-electron chi connectivity index (χ1n) is 3.73. The van der Waals surface area contributed by atoms with E-state index in [0.29, 0.717) is 5.82 Å². The van der Waals surface area contributed by atoms with Gasteiger partial charge < -0.3 is 0 Å². The zero-order valence-corrected chi connectivity index (χ0v) is 7.25. The molecule has 5 heteroatoms. The summed E-state index contributed by atoms with van der Waals surface area (Å²) in [7, 11) is 0. The number of rotatable bonds is 2. The summed E-state index contributed by atoms with van der Waals surface area (Å²) in [5.74, 6) is 0.566. The molecular weight excluding hydrogens is 164 g/mol. The van der Waals surface area contributed by atoms with Crippen LogP contribution in [-0.2, 0) is 0 Å². The molecular formula is C7H11F2N3. The monoisotopic (exact) mass is 175 g/mol. The molecule has 12 heavy (non-hydrogen) atoms. The molecule has 0 N–H and O–H groups in total. The Kier molecular flexibility index (Phi) is 2.40. The molecule has 0 spiro atoms. The second kappa shape index (κ2) is 3.16. The molecule has 1 heterocycles. The first-order valence-corrected chi connectivity index (χ1v) is 3.73. The van der Waals surface area contributed by atoms with Crippen molar-refractivity contribution in [1.82, 2.24) is 14.8 Å². The van der Waals surface area contributed by atoms with Gasteiger partial charge in [0.15, 0.2) is 0 Å². The van der Waals surface area contributed by atoms with Crippen molar-refractivity contribution >= 4 is 0 Å². The molecule has 0 unspecified atom stereocenters. The minimum atomic E-state index is -2.54. The molecule has 0 atom stereocenters. The summed E-state index contributed by atoms with van der Waals surface area (Å²) in [6.45, 7) is 2.59. The summed E-state index contributed by atoms with van der Waals surface area (Å²) in [5, 5.41) is 7.26. The van der Waals surface area contributed by atoms with E-state index >= 15 is 0 Å². The second-order valence-electron chi connectivity index (χ2n) is 2.91. The highest BCUT2D eigenvalue weighted by Crippen LogP contribution is 2.20. The number of aryl methyl sites for hydroxylation is 1. The van der Waals surface area contributed by atoms with Gasteiger partial charge in [-0.25, -0.2) is 0 Å². The van der Waals surface area contributed by atoms with Crippen LogP contribution in [0.5, 0.6) is 0 Å². The zero-order valence-electron chi connectivity index (χ0n) is 7.25. The molecule has 0 aliphatic carbocycles. The maximum atomic E-state index is 12.4. The molecule has 0 fully saturated rings. The van der Waals surface area contributed by atoms with E-state index in [4.69, 9.17) is 0 Å². The smallest absolute Gasteiger partial charge is 0.256 e. The summed E-state index contributed by atoms with van der Waals surface area (Å²) < 4.78 is 25.6. The van der Waals surface area contributed by atoms with Crippen LogP contribution in [0.2, 0.25) is 0 Å². The lowest BCUT2D eigenvalue weighted by atomic mass is 10.2. The molecule has 0 aliphatic heterocycles. The topological polar surface area (TPSA) is 30.7 Å². The SMILES string of the molecule is Cc1nnc(C(C)C)n1C(F)F. The van der Waals surface area contributed by atoms with Gasteiger partial charge in [0.1, 0.15) is 11.6 Å². The molecule has 0 aromatic carbocycles. The fourth-order valence-electron chi connectivity index (χ4n) is 1.02. The summed E-state index contributed by atoms with van der Waals surface area (Å²) in [5.41, 5.74) is 0. The van der Waals surface area contributed by atoms with Gasteiger partial charge in [0.2, 0.25) is 0 Å². The number of alkyl halides is 2. The summed E-state index contributed by atoms with van der Waals surface area (Å²) in [6, 6.07) is 0. The average Bonchev–Trinajstić information content (AvgIpc) is 2.30.